The summed E-state index contributed by atoms with van der Waals surface area (Å²) in [6.45, 7) is 4.54. The summed E-state index contributed by atoms with van der Waals surface area (Å²) in [5, 5.41) is 12.9. The van der Waals surface area contributed by atoms with Crippen molar-refractivity contribution in [2.45, 2.75) is 19.8 Å². The highest BCUT2D eigenvalue weighted by molar-refractivity contribution is 6.14. The highest BCUT2D eigenvalue weighted by atomic mass is 16.3. The number of benzene rings is 2. The first-order valence-electron chi connectivity index (χ1n) is 8.94. The second kappa shape index (κ2) is 6.52. The molecule has 0 bridgehead atoms. The number of aromatic amines is 1. The van der Waals surface area contributed by atoms with E-state index in [9.17, 15) is 9.90 Å². The summed E-state index contributed by atoms with van der Waals surface area (Å²) in [4.78, 5) is 19.5. The van der Waals surface area contributed by atoms with E-state index in [0.717, 1.165) is 33.0 Å². The molecule has 5 heteroatoms. The molecule has 2 heterocycles. The Labute approximate surface area is 156 Å². The van der Waals surface area contributed by atoms with Crippen molar-refractivity contribution < 1.29 is 5.11 Å². The van der Waals surface area contributed by atoms with Gasteiger partial charge in [-0.1, -0.05) is 31.2 Å². The van der Waals surface area contributed by atoms with Gasteiger partial charge < -0.3 is 15.8 Å². The molecule has 4 N–H and O–H groups in total. The number of nitrogens with zero attached hydrogens (tertiary/aromatic N) is 1. The Morgan fingerprint density at radius 3 is 2.63 bits per heavy atom. The predicted octanol–water partition coefficient (Wildman–Crippen LogP) is 3.82. The van der Waals surface area contributed by atoms with Crippen LogP contribution in [0.25, 0.3) is 32.8 Å². The highest BCUT2D eigenvalue weighted by Crippen LogP contribution is 2.40. The second-order valence-corrected chi connectivity index (χ2v) is 6.97. The average molecular weight is 359 g/mol. The first kappa shape index (κ1) is 17.2. The standard InChI is InChI=1S/C22H21N3O2/c1-12-9-18(26)19(15-5-3-14(4-6-15)13(2)10-23)20-16-7-8-24-11-17(16)22(27)25-21(12)20/h3-9,11,13,26H,10,23H2,1-2H3,(H,25,27). The summed E-state index contributed by atoms with van der Waals surface area (Å²) >= 11 is 0. The largest absolute Gasteiger partial charge is 0.507 e. The van der Waals surface area contributed by atoms with E-state index in [-0.39, 0.29) is 17.2 Å². The summed E-state index contributed by atoms with van der Waals surface area (Å²) in [5.41, 5.74) is 9.87. The van der Waals surface area contributed by atoms with Crippen LogP contribution in [0.2, 0.25) is 0 Å². The molecule has 0 saturated carbocycles. The minimum atomic E-state index is -0.183. The van der Waals surface area contributed by atoms with E-state index < -0.39 is 0 Å². The molecule has 0 amide bonds. The molecule has 0 radical (unpaired) electrons. The predicted molar refractivity (Wildman–Crippen MR) is 109 cm³/mol. The summed E-state index contributed by atoms with van der Waals surface area (Å²) < 4.78 is 0. The lowest BCUT2D eigenvalue weighted by Gasteiger charge is -2.15. The van der Waals surface area contributed by atoms with Crippen molar-refractivity contribution in [1.29, 1.82) is 0 Å². The molecular weight excluding hydrogens is 338 g/mol. The number of nitrogens with one attached hydrogen (secondary N) is 1. The van der Waals surface area contributed by atoms with Gasteiger partial charge in [-0.05, 0) is 48.2 Å². The van der Waals surface area contributed by atoms with Crippen molar-refractivity contribution in [2.75, 3.05) is 6.54 Å². The lowest BCUT2D eigenvalue weighted by atomic mass is 9.92. The number of fused-ring (bicyclic) bond motifs is 3. The van der Waals surface area contributed by atoms with Gasteiger partial charge in [0.15, 0.2) is 0 Å². The monoisotopic (exact) mass is 359 g/mol. The zero-order valence-corrected chi connectivity index (χ0v) is 15.3. The zero-order chi connectivity index (χ0) is 19.1. The molecular formula is C22H21N3O2. The number of nitrogens with two attached hydrogens (primary N) is 1. The van der Waals surface area contributed by atoms with Gasteiger partial charge in [-0.2, -0.15) is 0 Å². The van der Waals surface area contributed by atoms with Crippen LogP contribution in [0.5, 0.6) is 5.75 Å². The topological polar surface area (TPSA) is 92.0 Å². The second-order valence-electron chi connectivity index (χ2n) is 6.97. The lowest BCUT2D eigenvalue weighted by Crippen LogP contribution is -2.09. The van der Waals surface area contributed by atoms with Gasteiger partial charge in [0.2, 0.25) is 0 Å². The molecule has 0 spiro atoms. The molecule has 0 aliphatic heterocycles. The van der Waals surface area contributed by atoms with Gasteiger partial charge in [0.05, 0.1) is 10.9 Å². The van der Waals surface area contributed by atoms with Gasteiger partial charge in [0.1, 0.15) is 5.75 Å². The Morgan fingerprint density at radius 1 is 1.19 bits per heavy atom. The smallest absolute Gasteiger partial charge is 0.257 e. The van der Waals surface area contributed by atoms with Gasteiger partial charge in [-0.15, -0.1) is 0 Å². The third kappa shape index (κ3) is 2.76. The molecule has 2 aromatic heterocycles. The van der Waals surface area contributed by atoms with Crippen LogP contribution in [-0.4, -0.2) is 21.6 Å². The first-order chi connectivity index (χ1) is 13.0. The summed E-state index contributed by atoms with van der Waals surface area (Å²) in [6, 6.07) is 11.6. The van der Waals surface area contributed by atoms with Crippen molar-refractivity contribution in [3.63, 3.8) is 0 Å². The Morgan fingerprint density at radius 2 is 1.93 bits per heavy atom. The molecule has 1 atom stereocenters. The van der Waals surface area contributed by atoms with Gasteiger partial charge in [-0.3, -0.25) is 9.78 Å². The van der Waals surface area contributed by atoms with Crippen LogP contribution in [0.4, 0.5) is 0 Å². The fourth-order valence-corrected chi connectivity index (χ4v) is 3.61. The molecule has 0 aliphatic carbocycles. The average Bonchev–Trinajstić information content (AvgIpc) is 2.69. The Hall–Kier alpha value is -3.18. The van der Waals surface area contributed by atoms with E-state index in [4.69, 9.17) is 5.73 Å². The number of H-pyrrole nitrogens is 1. The van der Waals surface area contributed by atoms with Crippen LogP contribution >= 0.6 is 0 Å². The number of phenolic OH excluding ortho intramolecular Hbond substituents is 1. The molecule has 2 aromatic carbocycles. The minimum absolute atomic E-state index is 0.183. The van der Waals surface area contributed by atoms with Crippen molar-refractivity contribution in [3.8, 4) is 16.9 Å². The number of pyridine rings is 2. The minimum Gasteiger partial charge on any atom is -0.507 e. The molecule has 136 valence electrons. The van der Waals surface area contributed by atoms with E-state index in [0.29, 0.717) is 17.5 Å². The molecule has 4 rings (SSSR count). The summed E-state index contributed by atoms with van der Waals surface area (Å²) in [7, 11) is 0. The fraction of sp³-hybridized carbons (Fsp3) is 0.182. The van der Waals surface area contributed by atoms with Crippen LogP contribution in [0, 0.1) is 6.92 Å². The Kier molecular flexibility index (Phi) is 4.16. The summed E-state index contributed by atoms with van der Waals surface area (Å²) in [6.07, 6.45) is 3.22. The zero-order valence-electron chi connectivity index (χ0n) is 15.3. The molecule has 27 heavy (non-hydrogen) atoms. The molecule has 0 saturated heterocycles. The number of phenols is 1. The van der Waals surface area contributed by atoms with Crippen LogP contribution in [0.3, 0.4) is 0 Å². The number of aryl methyl sites for hydroxylation is 1. The molecule has 0 fully saturated rings. The van der Waals surface area contributed by atoms with Gasteiger partial charge in [0, 0.05) is 28.7 Å². The maximum Gasteiger partial charge on any atom is 0.257 e. The van der Waals surface area contributed by atoms with E-state index >= 15 is 0 Å². The fourth-order valence-electron chi connectivity index (χ4n) is 3.61. The number of aromatic hydroxyl groups is 1. The van der Waals surface area contributed by atoms with Crippen molar-refractivity contribution in [2.24, 2.45) is 5.73 Å². The van der Waals surface area contributed by atoms with Crippen molar-refractivity contribution in [3.05, 3.63) is 70.3 Å². The van der Waals surface area contributed by atoms with Gasteiger partial charge in [-0.25, -0.2) is 0 Å². The van der Waals surface area contributed by atoms with E-state index in [2.05, 4.69) is 16.9 Å². The molecule has 4 aromatic rings. The number of aromatic nitrogens is 2. The number of rotatable bonds is 3. The van der Waals surface area contributed by atoms with E-state index in [1.165, 1.54) is 0 Å². The van der Waals surface area contributed by atoms with Crippen LogP contribution < -0.4 is 11.3 Å². The molecule has 1 unspecified atom stereocenters. The maximum atomic E-state index is 12.5. The lowest BCUT2D eigenvalue weighted by molar-refractivity contribution is 0.477. The van der Waals surface area contributed by atoms with Gasteiger partial charge in [0.25, 0.3) is 5.56 Å². The molecule has 0 aliphatic rings. The van der Waals surface area contributed by atoms with Crippen molar-refractivity contribution >= 4 is 21.7 Å². The first-order valence-corrected chi connectivity index (χ1v) is 8.94. The van der Waals surface area contributed by atoms with Crippen LogP contribution in [-0.2, 0) is 0 Å². The normalized spacial score (nSPS) is 12.6. The maximum absolute atomic E-state index is 12.5. The van der Waals surface area contributed by atoms with E-state index in [1.54, 1.807) is 18.5 Å². The van der Waals surface area contributed by atoms with Crippen LogP contribution in [0.1, 0.15) is 24.0 Å². The highest BCUT2D eigenvalue weighted by Gasteiger charge is 2.17. The quantitative estimate of drug-likeness (QED) is 0.485. The van der Waals surface area contributed by atoms with Gasteiger partial charge >= 0.3 is 0 Å². The van der Waals surface area contributed by atoms with E-state index in [1.807, 2.05) is 37.3 Å². The molecule has 5 nitrogen and oxygen atoms in total. The van der Waals surface area contributed by atoms with Crippen molar-refractivity contribution in [1.82, 2.24) is 9.97 Å². The SMILES string of the molecule is Cc1cc(O)c(-c2ccc(C(C)CN)cc2)c2c1[nH]c(=O)c1cnccc12. The van der Waals surface area contributed by atoms with Crippen LogP contribution in [0.15, 0.2) is 53.6 Å². The number of hydrogen-bond donors (Lipinski definition) is 3. The third-order valence-electron chi connectivity index (χ3n) is 5.20. The number of hydrogen-bond acceptors (Lipinski definition) is 4. The Bertz CT molecular complexity index is 1210. The third-order valence-corrected chi connectivity index (χ3v) is 5.20. The Balaban J connectivity index is 2.09. The summed E-state index contributed by atoms with van der Waals surface area (Å²) in [5.74, 6) is 0.454.